The van der Waals surface area contributed by atoms with E-state index in [0.717, 1.165) is 5.56 Å². The Balaban J connectivity index is 1.66. The van der Waals surface area contributed by atoms with Crippen LogP contribution < -0.4 is 10.6 Å². The highest BCUT2D eigenvalue weighted by Gasteiger charge is 2.11. The average Bonchev–Trinajstić information content (AvgIpc) is 2.63. The Morgan fingerprint density at radius 2 is 1.54 bits per heavy atom. The van der Waals surface area contributed by atoms with Crippen LogP contribution in [0.3, 0.4) is 0 Å². The normalized spacial score (nSPS) is 10.2. The number of hydrogen-bond acceptors (Lipinski definition) is 3. The van der Waals surface area contributed by atoms with Gasteiger partial charge in [-0.3, -0.25) is 9.59 Å². The van der Waals surface area contributed by atoms with E-state index < -0.39 is 0 Å². The second-order valence-electron chi connectivity index (χ2n) is 5.70. The van der Waals surface area contributed by atoms with Gasteiger partial charge in [0.25, 0.3) is 11.8 Å². The minimum atomic E-state index is -0.348. The molecule has 0 aliphatic heterocycles. The quantitative estimate of drug-likeness (QED) is 0.666. The molecule has 0 aliphatic rings. The number of carbonyl (C=O) groups excluding carboxylic acids is 2. The molecule has 130 valence electrons. The summed E-state index contributed by atoms with van der Waals surface area (Å²) in [6.45, 7) is 1.93. The van der Waals surface area contributed by atoms with E-state index in [9.17, 15) is 9.59 Å². The molecular weight excluding hydrogens is 350 g/mol. The summed E-state index contributed by atoms with van der Waals surface area (Å²) in [5, 5.41) is 5.71. The Labute approximate surface area is 156 Å². The van der Waals surface area contributed by atoms with Crippen molar-refractivity contribution < 1.29 is 9.59 Å². The Bertz CT molecular complexity index is 955. The lowest BCUT2D eigenvalue weighted by atomic mass is 10.1. The van der Waals surface area contributed by atoms with Gasteiger partial charge in [-0.1, -0.05) is 29.3 Å². The number of anilines is 2. The summed E-state index contributed by atoms with van der Waals surface area (Å²) in [5.41, 5.74) is 3.13. The molecule has 1 aromatic heterocycles. The van der Waals surface area contributed by atoms with Crippen molar-refractivity contribution in [1.29, 1.82) is 0 Å². The van der Waals surface area contributed by atoms with E-state index in [1.165, 1.54) is 6.20 Å². The zero-order valence-electron chi connectivity index (χ0n) is 14.0. The van der Waals surface area contributed by atoms with Gasteiger partial charge in [0.2, 0.25) is 0 Å². The first-order valence-electron chi connectivity index (χ1n) is 7.93. The molecule has 2 aromatic carbocycles. The van der Waals surface area contributed by atoms with Crippen LogP contribution in [0, 0.1) is 6.92 Å². The number of nitrogens with one attached hydrogen (secondary N) is 2. The van der Waals surface area contributed by atoms with E-state index in [2.05, 4.69) is 15.6 Å². The van der Waals surface area contributed by atoms with E-state index in [0.29, 0.717) is 22.5 Å². The van der Waals surface area contributed by atoms with Gasteiger partial charge < -0.3 is 10.6 Å². The van der Waals surface area contributed by atoms with Crippen molar-refractivity contribution in [3.63, 3.8) is 0 Å². The molecule has 0 aliphatic carbocycles. The van der Waals surface area contributed by atoms with Crippen LogP contribution in [0.5, 0.6) is 0 Å². The minimum Gasteiger partial charge on any atom is -0.322 e. The number of pyridine rings is 1. The van der Waals surface area contributed by atoms with Crippen LogP contribution >= 0.6 is 11.6 Å². The fourth-order valence-electron chi connectivity index (χ4n) is 2.38. The molecule has 3 aromatic rings. The summed E-state index contributed by atoms with van der Waals surface area (Å²) in [6.07, 6.45) is 1.52. The van der Waals surface area contributed by atoms with Crippen molar-refractivity contribution in [2.24, 2.45) is 0 Å². The molecule has 1 heterocycles. The molecule has 0 atom stereocenters. The van der Waals surface area contributed by atoms with Crippen LogP contribution in [0.2, 0.25) is 5.15 Å². The number of hydrogen-bond donors (Lipinski definition) is 2. The van der Waals surface area contributed by atoms with Gasteiger partial charge in [0, 0.05) is 23.1 Å². The fraction of sp³-hybridized carbons (Fsp3) is 0.0500. The molecule has 26 heavy (non-hydrogen) atoms. The smallest absolute Gasteiger partial charge is 0.258 e. The van der Waals surface area contributed by atoms with E-state index >= 15 is 0 Å². The predicted octanol–water partition coefficient (Wildman–Crippen LogP) is 4.55. The van der Waals surface area contributed by atoms with Gasteiger partial charge in [0.1, 0.15) is 5.15 Å². The highest BCUT2D eigenvalue weighted by Crippen LogP contribution is 2.18. The first kappa shape index (κ1) is 17.6. The third-order valence-corrected chi connectivity index (χ3v) is 3.99. The van der Waals surface area contributed by atoms with Crippen LogP contribution in [-0.2, 0) is 0 Å². The summed E-state index contributed by atoms with van der Waals surface area (Å²) in [6, 6.07) is 17.4. The van der Waals surface area contributed by atoms with Gasteiger partial charge in [0.05, 0.1) is 5.56 Å². The van der Waals surface area contributed by atoms with Crippen molar-refractivity contribution in [2.75, 3.05) is 10.6 Å². The lowest BCUT2D eigenvalue weighted by Gasteiger charge is -2.09. The zero-order chi connectivity index (χ0) is 18.5. The van der Waals surface area contributed by atoms with E-state index in [1.807, 2.05) is 25.1 Å². The van der Waals surface area contributed by atoms with Gasteiger partial charge in [-0.25, -0.2) is 4.98 Å². The molecule has 3 rings (SSSR count). The maximum atomic E-state index is 12.2. The molecule has 0 fully saturated rings. The SMILES string of the molecule is Cc1cccc(C(=O)Nc2ccc(NC(=O)c3cccnc3Cl)cc2)c1. The standard InChI is InChI=1S/C20H16ClN3O2/c1-13-4-2-5-14(12-13)19(25)23-15-7-9-16(10-8-15)24-20(26)17-6-3-11-22-18(17)21/h2-12H,1H3,(H,23,25)(H,24,26). The third kappa shape index (κ3) is 4.26. The van der Waals surface area contributed by atoms with E-state index in [1.54, 1.807) is 42.5 Å². The molecule has 0 radical (unpaired) electrons. The molecule has 0 spiro atoms. The number of nitrogens with zero attached hydrogens (tertiary/aromatic N) is 1. The molecule has 2 N–H and O–H groups in total. The average molecular weight is 366 g/mol. The Kier molecular flexibility index (Phi) is 5.29. The topological polar surface area (TPSA) is 71.1 Å². The van der Waals surface area contributed by atoms with Crippen LogP contribution in [0.4, 0.5) is 11.4 Å². The molecule has 2 amide bonds. The van der Waals surface area contributed by atoms with Gasteiger partial charge >= 0.3 is 0 Å². The summed E-state index contributed by atoms with van der Waals surface area (Å²) < 4.78 is 0. The number of carbonyl (C=O) groups is 2. The lowest BCUT2D eigenvalue weighted by Crippen LogP contribution is -2.14. The first-order valence-corrected chi connectivity index (χ1v) is 8.31. The highest BCUT2D eigenvalue weighted by molar-refractivity contribution is 6.33. The number of rotatable bonds is 4. The summed E-state index contributed by atoms with van der Waals surface area (Å²) in [4.78, 5) is 28.3. The maximum Gasteiger partial charge on any atom is 0.258 e. The Morgan fingerprint density at radius 1 is 0.885 bits per heavy atom. The maximum absolute atomic E-state index is 12.2. The van der Waals surface area contributed by atoms with Crippen molar-refractivity contribution in [3.05, 3.63) is 88.7 Å². The molecule has 0 bridgehead atoms. The summed E-state index contributed by atoms with van der Waals surface area (Å²) in [7, 11) is 0. The lowest BCUT2D eigenvalue weighted by molar-refractivity contribution is 0.101. The highest BCUT2D eigenvalue weighted by atomic mass is 35.5. The second-order valence-corrected chi connectivity index (χ2v) is 6.05. The fourth-order valence-corrected chi connectivity index (χ4v) is 2.59. The van der Waals surface area contributed by atoms with Gasteiger partial charge in [-0.2, -0.15) is 0 Å². The van der Waals surface area contributed by atoms with Gasteiger partial charge in [-0.05, 0) is 55.5 Å². The number of aromatic nitrogens is 1. The minimum absolute atomic E-state index is 0.145. The second kappa shape index (κ2) is 7.80. The van der Waals surface area contributed by atoms with Crippen LogP contribution in [0.25, 0.3) is 0 Å². The van der Waals surface area contributed by atoms with Crippen LogP contribution in [0.1, 0.15) is 26.3 Å². The molecule has 0 saturated carbocycles. The number of aryl methyl sites for hydroxylation is 1. The molecule has 5 nitrogen and oxygen atoms in total. The van der Waals surface area contributed by atoms with E-state index in [-0.39, 0.29) is 17.0 Å². The Morgan fingerprint density at radius 3 is 2.15 bits per heavy atom. The molecular formula is C20H16ClN3O2. The zero-order valence-corrected chi connectivity index (χ0v) is 14.7. The largest absolute Gasteiger partial charge is 0.322 e. The molecule has 0 unspecified atom stereocenters. The van der Waals surface area contributed by atoms with Crippen molar-refractivity contribution in [3.8, 4) is 0 Å². The van der Waals surface area contributed by atoms with Crippen molar-refractivity contribution in [1.82, 2.24) is 4.98 Å². The van der Waals surface area contributed by atoms with Crippen LogP contribution in [-0.4, -0.2) is 16.8 Å². The number of amides is 2. The molecule has 0 saturated heterocycles. The predicted molar refractivity (Wildman–Crippen MR) is 103 cm³/mol. The third-order valence-electron chi connectivity index (χ3n) is 3.68. The molecule has 6 heteroatoms. The number of halogens is 1. The van der Waals surface area contributed by atoms with E-state index in [4.69, 9.17) is 11.6 Å². The van der Waals surface area contributed by atoms with Crippen molar-refractivity contribution >= 4 is 34.8 Å². The Hall–Kier alpha value is -3.18. The summed E-state index contributed by atoms with van der Waals surface area (Å²) >= 11 is 5.92. The van der Waals surface area contributed by atoms with Gasteiger partial charge in [0.15, 0.2) is 0 Å². The number of benzene rings is 2. The van der Waals surface area contributed by atoms with Crippen molar-refractivity contribution in [2.45, 2.75) is 6.92 Å². The van der Waals surface area contributed by atoms with Crippen LogP contribution in [0.15, 0.2) is 66.9 Å². The monoisotopic (exact) mass is 365 g/mol. The first-order chi connectivity index (χ1) is 12.5. The van der Waals surface area contributed by atoms with Gasteiger partial charge in [-0.15, -0.1) is 0 Å². The summed E-state index contributed by atoms with van der Waals surface area (Å²) in [5.74, 6) is -0.535.